The van der Waals surface area contributed by atoms with E-state index in [2.05, 4.69) is 29.5 Å². The third-order valence-corrected chi connectivity index (χ3v) is 5.27. The standard InChI is InChI=1S/C21H27N3O3/c1-2-6-19-18(13-22-24(19)14-15-7-4-3-5-8-15)20(25)23-17-11-9-16(10-12-17)21(26)27/h3-5,7-8,13,16-17H,2,6,9-12,14H2,1H3,(H,23,25)(H,26,27). The maximum absolute atomic E-state index is 12.8. The quantitative estimate of drug-likeness (QED) is 0.785. The Morgan fingerprint density at radius 2 is 1.89 bits per heavy atom. The summed E-state index contributed by atoms with van der Waals surface area (Å²) in [7, 11) is 0. The van der Waals surface area contributed by atoms with Crippen LogP contribution in [0.2, 0.25) is 0 Å². The van der Waals surface area contributed by atoms with Crippen LogP contribution in [0.5, 0.6) is 0 Å². The van der Waals surface area contributed by atoms with E-state index in [0.717, 1.165) is 24.1 Å². The number of nitrogens with one attached hydrogen (secondary N) is 1. The van der Waals surface area contributed by atoms with E-state index in [9.17, 15) is 9.59 Å². The predicted octanol–water partition coefficient (Wildman–Crippen LogP) is 3.26. The van der Waals surface area contributed by atoms with Crippen molar-refractivity contribution in [2.75, 3.05) is 0 Å². The van der Waals surface area contributed by atoms with Crippen molar-refractivity contribution in [1.82, 2.24) is 15.1 Å². The Labute approximate surface area is 159 Å². The van der Waals surface area contributed by atoms with Crippen LogP contribution in [0.4, 0.5) is 0 Å². The van der Waals surface area contributed by atoms with Crippen LogP contribution in [0.25, 0.3) is 0 Å². The van der Waals surface area contributed by atoms with Crippen LogP contribution in [0.1, 0.15) is 60.6 Å². The average Bonchev–Trinajstić information content (AvgIpc) is 3.06. The molecule has 0 saturated heterocycles. The summed E-state index contributed by atoms with van der Waals surface area (Å²) >= 11 is 0. The summed E-state index contributed by atoms with van der Waals surface area (Å²) in [5.41, 5.74) is 2.74. The lowest BCUT2D eigenvalue weighted by molar-refractivity contribution is -0.142. The van der Waals surface area contributed by atoms with E-state index in [1.807, 2.05) is 22.9 Å². The molecule has 0 unspecified atom stereocenters. The zero-order valence-corrected chi connectivity index (χ0v) is 15.7. The van der Waals surface area contributed by atoms with E-state index in [0.29, 0.717) is 37.8 Å². The Bertz CT molecular complexity index is 777. The van der Waals surface area contributed by atoms with Crippen LogP contribution in [0.3, 0.4) is 0 Å². The molecule has 1 aliphatic rings. The first kappa shape index (κ1) is 19.1. The normalized spacial score (nSPS) is 19.6. The average molecular weight is 369 g/mol. The Kier molecular flexibility index (Phi) is 6.27. The maximum atomic E-state index is 12.8. The summed E-state index contributed by atoms with van der Waals surface area (Å²) in [6, 6.07) is 10.1. The summed E-state index contributed by atoms with van der Waals surface area (Å²) in [6.07, 6.45) is 6.05. The molecule has 1 amide bonds. The minimum Gasteiger partial charge on any atom is -0.481 e. The lowest BCUT2D eigenvalue weighted by Gasteiger charge is -2.26. The smallest absolute Gasteiger partial charge is 0.306 e. The van der Waals surface area contributed by atoms with Crippen LogP contribution in [-0.2, 0) is 17.8 Å². The third-order valence-electron chi connectivity index (χ3n) is 5.27. The molecule has 6 nitrogen and oxygen atoms in total. The van der Waals surface area contributed by atoms with Crippen molar-refractivity contribution < 1.29 is 14.7 Å². The molecule has 1 aromatic carbocycles. The molecular weight excluding hydrogens is 342 g/mol. The van der Waals surface area contributed by atoms with Crippen LogP contribution >= 0.6 is 0 Å². The molecule has 1 fully saturated rings. The molecule has 0 spiro atoms. The summed E-state index contributed by atoms with van der Waals surface area (Å²) < 4.78 is 1.91. The number of aliphatic carboxylic acids is 1. The van der Waals surface area contributed by atoms with Crippen molar-refractivity contribution in [2.24, 2.45) is 5.92 Å². The molecule has 3 rings (SSSR count). The second-order valence-electron chi connectivity index (χ2n) is 7.26. The van der Waals surface area contributed by atoms with Crippen molar-refractivity contribution in [2.45, 2.75) is 58.0 Å². The summed E-state index contributed by atoms with van der Waals surface area (Å²) in [4.78, 5) is 23.9. The molecule has 2 aromatic rings. The van der Waals surface area contributed by atoms with Gasteiger partial charge >= 0.3 is 5.97 Å². The zero-order chi connectivity index (χ0) is 19.2. The van der Waals surface area contributed by atoms with Crippen LogP contribution in [-0.4, -0.2) is 32.8 Å². The Morgan fingerprint density at radius 3 is 2.52 bits per heavy atom. The number of carboxylic acid groups (broad SMARTS) is 1. The molecule has 0 aliphatic heterocycles. The number of amides is 1. The van der Waals surface area contributed by atoms with E-state index in [-0.39, 0.29) is 17.9 Å². The van der Waals surface area contributed by atoms with Crippen molar-refractivity contribution in [3.05, 3.63) is 53.3 Å². The first-order valence-electron chi connectivity index (χ1n) is 9.70. The summed E-state index contributed by atoms with van der Waals surface area (Å²) in [5, 5.41) is 16.6. The third kappa shape index (κ3) is 4.76. The lowest BCUT2D eigenvalue weighted by Crippen LogP contribution is -2.39. The summed E-state index contributed by atoms with van der Waals surface area (Å²) in [6.45, 7) is 2.74. The number of nitrogens with zero attached hydrogens (tertiary/aromatic N) is 2. The van der Waals surface area contributed by atoms with E-state index < -0.39 is 5.97 Å². The van der Waals surface area contributed by atoms with Gasteiger partial charge in [-0.05, 0) is 37.7 Å². The number of carboxylic acids is 1. The number of carbonyl (C=O) groups is 2. The fourth-order valence-electron chi connectivity index (χ4n) is 3.74. The molecule has 144 valence electrons. The number of benzene rings is 1. The predicted molar refractivity (Wildman–Crippen MR) is 103 cm³/mol. The largest absolute Gasteiger partial charge is 0.481 e. The van der Waals surface area contributed by atoms with E-state index in [1.165, 1.54) is 0 Å². The van der Waals surface area contributed by atoms with Gasteiger partial charge in [0, 0.05) is 6.04 Å². The number of rotatable bonds is 7. The van der Waals surface area contributed by atoms with Crippen LogP contribution in [0, 0.1) is 5.92 Å². The van der Waals surface area contributed by atoms with Gasteiger partial charge in [0.05, 0.1) is 29.9 Å². The molecule has 0 atom stereocenters. The molecule has 27 heavy (non-hydrogen) atoms. The van der Waals surface area contributed by atoms with Gasteiger partial charge < -0.3 is 10.4 Å². The van der Waals surface area contributed by atoms with Gasteiger partial charge in [-0.15, -0.1) is 0 Å². The van der Waals surface area contributed by atoms with Crippen molar-refractivity contribution in [1.29, 1.82) is 0 Å². The second kappa shape index (κ2) is 8.84. The topological polar surface area (TPSA) is 84.2 Å². The fraction of sp³-hybridized carbons (Fsp3) is 0.476. The minimum atomic E-state index is -0.729. The van der Waals surface area contributed by atoms with E-state index in [1.54, 1.807) is 6.20 Å². The molecular formula is C21H27N3O3. The van der Waals surface area contributed by atoms with Gasteiger partial charge in [-0.25, -0.2) is 0 Å². The highest BCUT2D eigenvalue weighted by atomic mass is 16.4. The van der Waals surface area contributed by atoms with Gasteiger partial charge in [-0.3, -0.25) is 14.3 Å². The Morgan fingerprint density at radius 1 is 1.19 bits per heavy atom. The van der Waals surface area contributed by atoms with E-state index >= 15 is 0 Å². The van der Waals surface area contributed by atoms with Crippen LogP contribution in [0.15, 0.2) is 36.5 Å². The van der Waals surface area contributed by atoms with Gasteiger partial charge in [0.1, 0.15) is 0 Å². The molecule has 1 aliphatic carbocycles. The van der Waals surface area contributed by atoms with E-state index in [4.69, 9.17) is 5.11 Å². The molecule has 2 N–H and O–H groups in total. The molecule has 0 bridgehead atoms. The van der Waals surface area contributed by atoms with Crippen molar-refractivity contribution in [3.63, 3.8) is 0 Å². The molecule has 1 aromatic heterocycles. The highest BCUT2D eigenvalue weighted by molar-refractivity contribution is 5.95. The number of aromatic nitrogens is 2. The highest BCUT2D eigenvalue weighted by Crippen LogP contribution is 2.25. The van der Waals surface area contributed by atoms with Gasteiger partial charge in [0.15, 0.2) is 0 Å². The molecule has 1 saturated carbocycles. The maximum Gasteiger partial charge on any atom is 0.306 e. The Hall–Kier alpha value is -2.63. The lowest BCUT2D eigenvalue weighted by atomic mass is 9.86. The SMILES string of the molecule is CCCc1c(C(=O)NC2CCC(C(=O)O)CC2)cnn1Cc1ccccc1. The fourth-order valence-corrected chi connectivity index (χ4v) is 3.74. The van der Waals surface area contributed by atoms with Crippen LogP contribution < -0.4 is 5.32 Å². The van der Waals surface area contributed by atoms with Crippen molar-refractivity contribution >= 4 is 11.9 Å². The first-order valence-corrected chi connectivity index (χ1v) is 9.70. The monoisotopic (exact) mass is 369 g/mol. The Balaban J connectivity index is 1.68. The number of hydrogen-bond donors (Lipinski definition) is 2. The van der Waals surface area contributed by atoms with Gasteiger partial charge in [-0.1, -0.05) is 43.7 Å². The molecule has 6 heteroatoms. The summed E-state index contributed by atoms with van der Waals surface area (Å²) in [5.74, 6) is -1.11. The zero-order valence-electron chi connectivity index (χ0n) is 15.7. The van der Waals surface area contributed by atoms with Crippen molar-refractivity contribution in [3.8, 4) is 0 Å². The number of carbonyl (C=O) groups excluding carboxylic acids is 1. The minimum absolute atomic E-state index is 0.0417. The van der Waals surface area contributed by atoms with Gasteiger partial charge in [-0.2, -0.15) is 5.10 Å². The number of hydrogen-bond acceptors (Lipinski definition) is 3. The van der Waals surface area contributed by atoms with Gasteiger partial charge in [0.25, 0.3) is 5.91 Å². The van der Waals surface area contributed by atoms with Gasteiger partial charge in [0.2, 0.25) is 0 Å². The molecule has 1 heterocycles. The molecule has 0 radical (unpaired) electrons. The second-order valence-corrected chi connectivity index (χ2v) is 7.26. The highest BCUT2D eigenvalue weighted by Gasteiger charge is 2.27. The first-order chi connectivity index (χ1) is 13.1.